The van der Waals surface area contributed by atoms with Crippen molar-refractivity contribution in [1.29, 1.82) is 0 Å². The number of morpholine rings is 1. The lowest BCUT2D eigenvalue weighted by atomic mass is 10.2. The highest BCUT2D eigenvalue weighted by Gasteiger charge is 2.19. The van der Waals surface area contributed by atoms with Crippen LogP contribution in [-0.2, 0) is 4.74 Å². The van der Waals surface area contributed by atoms with Crippen molar-refractivity contribution < 1.29 is 9.13 Å². The molecule has 0 atom stereocenters. The van der Waals surface area contributed by atoms with Crippen LogP contribution < -0.4 is 0 Å². The van der Waals surface area contributed by atoms with E-state index in [2.05, 4.69) is 15.1 Å². The molecule has 0 aliphatic carbocycles. The number of nitrogens with zero attached hydrogens (tertiary/aromatic N) is 4. The van der Waals surface area contributed by atoms with Crippen LogP contribution in [0.2, 0.25) is 0 Å². The maximum Gasteiger partial charge on any atom is 0.196 e. The number of benzene rings is 2. The topological polar surface area (TPSA) is 43.2 Å². The van der Waals surface area contributed by atoms with Crippen molar-refractivity contribution in [1.82, 2.24) is 19.7 Å². The van der Waals surface area contributed by atoms with Crippen molar-refractivity contribution in [2.75, 3.05) is 38.6 Å². The van der Waals surface area contributed by atoms with Gasteiger partial charge < -0.3 is 4.74 Å². The number of rotatable bonds is 6. The van der Waals surface area contributed by atoms with Crippen LogP contribution >= 0.6 is 11.8 Å². The number of aryl methyl sites for hydroxylation is 1. The molecule has 1 aliphatic rings. The van der Waals surface area contributed by atoms with Crippen LogP contribution in [0, 0.1) is 12.7 Å². The average molecular weight is 399 g/mol. The fourth-order valence-corrected chi connectivity index (χ4v) is 4.15. The molecule has 4 rings (SSSR count). The summed E-state index contributed by atoms with van der Waals surface area (Å²) in [6.45, 7) is 6.52. The van der Waals surface area contributed by atoms with Gasteiger partial charge in [0.15, 0.2) is 11.0 Å². The predicted octanol–water partition coefficient (Wildman–Crippen LogP) is 3.81. The van der Waals surface area contributed by atoms with Crippen LogP contribution in [0.5, 0.6) is 0 Å². The molecule has 1 fully saturated rings. The number of aromatic nitrogens is 3. The number of hydrogen-bond acceptors (Lipinski definition) is 5. The van der Waals surface area contributed by atoms with Gasteiger partial charge in [0.25, 0.3) is 0 Å². The highest BCUT2D eigenvalue weighted by molar-refractivity contribution is 7.99. The molecule has 1 saturated heterocycles. The van der Waals surface area contributed by atoms with Crippen LogP contribution in [0.25, 0.3) is 17.1 Å². The van der Waals surface area contributed by atoms with Crippen molar-refractivity contribution in [2.45, 2.75) is 12.1 Å². The third-order valence-electron chi connectivity index (χ3n) is 4.78. The first-order valence-electron chi connectivity index (χ1n) is 9.42. The van der Waals surface area contributed by atoms with Gasteiger partial charge in [0.2, 0.25) is 0 Å². The molecule has 146 valence electrons. The minimum absolute atomic E-state index is 0.298. The zero-order valence-electron chi connectivity index (χ0n) is 15.8. The smallest absolute Gasteiger partial charge is 0.196 e. The minimum Gasteiger partial charge on any atom is -0.379 e. The van der Waals surface area contributed by atoms with Crippen molar-refractivity contribution in [3.8, 4) is 17.1 Å². The summed E-state index contributed by atoms with van der Waals surface area (Å²) in [5.41, 5.74) is 2.56. The first-order chi connectivity index (χ1) is 13.7. The van der Waals surface area contributed by atoms with E-state index < -0.39 is 0 Å². The molecule has 0 spiro atoms. The van der Waals surface area contributed by atoms with Gasteiger partial charge >= 0.3 is 0 Å². The Morgan fingerprint density at radius 2 is 1.79 bits per heavy atom. The molecular weight excluding hydrogens is 375 g/mol. The quantitative estimate of drug-likeness (QED) is 0.591. The van der Waals surface area contributed by atoms with E-state index >= 15 is 0 Å². The monoisotopic (exact) mass is 398 g/mol. The Labute approximate surface area is 168 Å². The van der Waals surface area contributed by atoms with Crippen molar-refractivity contribution in [3.63, 3.8) is 0 Å². The van der Waals surface area contributed by atoms with Crippen LogP contribution in [0.1, 0.15) is 5.56 Å². The fraction of sp³-hybridized carbons (Fsp3) is 0.333. The van der Waals surface area contributed by atoms with Crippen LogP contribution in [0.4, 0.5) is 4.39 Å². The lowest BCUT2D eigenvalue weighted by molar-refractivity contribution is 0.0410. The molecule has 0 saturated carbocycles. The van der Waals surface area contributed by atoms with Gasteiger partial charge in [-0.1, -0.05) is 41.6 Å². The second-order valence-electron chi connectivity index (χ2n) is 6.76. The standard InChI is InChI=1S/C21H23FN4OS/c1-16-6-8-17(9-7-16)26-20(18-4-2-3-5-19(18)22)23-24-21(26)28-15-12-25-10-13-27-14-11-25/h2-9H,10-15H2,1H3. The van der Waals surface area contributed by atoms with E-state index in [1.54, 1.807) is 23.9 Å². The summed E-state index contributed by atoms with van der Waals surface area (Å²) in [5, 5.41) is 9.48. The van der Waals surface area contributed by atoms with Gasteiger partial charge in [0.05, 0.1) is 18.8 Å². The van der Waals surface area contributed by atoms with Crippen molar-refractivity contribution in [2.24, 2.45) is 0 Å². The van der Waals surface area contributed by atoms with Gasteiger partial charge in [-0.2, -0.15) is 0 Å². The van der Waals surface area contributed by atoms with Crippen LogP contribution in [-0.4, -0.2) is 58.3 Å². The molecule has 3 aromatic rings. The molecule has 0 bridgehead atoms. The van der Waals surface area contributed by atoms with Crippen LogP contribution in [0.3, 0.4) is 0 Å². The Kier molecular flexibility index (Phi) is 6.04. The lowest BCUT2D eigenvalue weighted by Crippen LogP contribution is -2.37. The fourth-order valence-electron chi connectivity index (χ4n) is 3.20. The van der Waals surface area contributed by atoms with Gasteiger partial charge in [-0.05, 0) is 31.2 Å². The molecule has 7 heteroatoms. The van der Waals surface area contributed by atoms with E-state index in [1.165, 1.54) is 11.6 Å². The zero-order valence-corrected chi connectivity index (χ0v) is 16.7. The van der Waals surface area contributed by atoms with Crippen molar-refractivity contribution in [3.05, 3.63) is 59.9 Å². The summed E-state index contributed by atoms with van der Waals surface area (Å²) in [7, 11) is 0. The Hall–Kier alpha value is -2.22. The molecule has 0 radical (unpaired) electrons. The van der Waals surface area contributed by atoms with Gasteiger partial charge in [-0.15, -0.1) is 10.2 Å². The molecule has 1 aliphatic heterocycles. The second kappa shape index (κ2) is 8.86. The zero-order chi connectivity index (χ0) is 19.3. The predicted molar refractivity (Wildman–Crippen MR) is 109 cm³/mol. The Morgan fingerprint density at radius 1 is 1.04 bits per heavy atom. The summed E-state index contributed by atoms with van der Waals surface area (Å²) in [6.07, 6.45) is 0. The summed E-state index contributed by atoms with van der Waals surface area (Å²) < 4.78 is 21.8. The SMILES string of the molecule is Cc1ccc(-n2c(SCCN3CCOCC3)nnc2-c2ccccc2F)cc1. The molecule has 5 nitrogen and oxygen atoms in total. The highest BCUT2D eigenvalue weighted by atomic mass is 32.2. The summed E-state index contributed by atoms with van der Waals surface area (Å²) in [5.74, 6) is 1.12. The van der Waals surface area contributed by atoms with E-state index in [-0.39, 0.29) is 5.82 Å². The minimum atomic E-state index is -0.298. The third-order valence-corrected chi connectivity index (χ3v) is 5.69. The maximum absolute atomic E-state index is 14.4. The van der Waals surface area contributed by atoms with Gasteiger partial charge in [0.1, 0.15) is 5.82 Å². The molecule has 0 amide bonds. The number of hydrogen-bond donors (Lipinski definition) is 0. The Morgan fingerprint density at radius 3 is 2.54 bits per heavy atom. The van der Waals surface area contributed by atoms with E-state index in [9.17, 15) is 4.39 Å². The number of halogens is 1. The number of thioether (sulfide) groups is 1. The first-order valence-corrected chi connectivity index (χ1v) is 10.4. The molecule has 2 heterocycles. The summed E-state index contributed by atoms with van der Waals surface area (Å²) in [4.78, 5) is 2.39. The average Bonchev–Trinajstić information content (AvgIpc) is 3.13. The summed E-state index contributed by atoms with van der Waals surface area (Å²) in [6, 6.07) is 14.8. The van der Waals surface area contributed by atoms with E-state index in [4.69, 9.17) is 4.74 Å². The molecule has 1 aromatic heterocycles. The van der Waals surface area contributed by atoms with Gasteiger partial charge in [-0.25, -0.2) is 4.39 Å². The molecule has 0 unspecified atom stereocenters. The van der Waals surface area contributed by atoms with Gasteiger partial charge in [0, 0.05) is 31.1 Å². The van der Waals surface area contributed by atoms with Crippen molar-refractivity contribution >= 4 is 11.8 Å². The highest BCUT2D eigenvalue weighted by Crippen LogP contribution is 2.29. The first kappa shape index (κ1) is 19.1. The normalized spacial score (nSPS) is 15.1. The molecule has 0 N–H and O–H groups in total. The lowest BCUT2D eigenvalue weighted by Gasteiger charge is -2.26. The maximum atomic E-state index is 14.4. The largest absolute Gasteiger partial charge is 0.379 e. The summed E-state index contributed by atoms with van der Waals surface area (Å²) >= 11 is 1.65. The third kappa shape index (κ3) is 4.27. The second-order valence-corrected chi connectivity index (χ2v) is 7.82. The number of ether oxygens (including phenoxy) is 1. The Balaban J connectivity index is 1.62. The van der Waals surface area contributed by atoms with E-state index in [1.807, 2.05) is 41.8 Å². The molecule has 28 heavy (non-hydrogen) atoms. The van der Waals surface area contributed by atoms with E-state index in [0.717, 1.165) is 49.4 Å². The Bertz CT molecular complexity index is 922. The molecular formula is C21H23FN4OS. The van der Waals surface area contributed by atoms with Crippen LogP contribution in [0.15, 0.2) is 53.7 Å². The molecule has 2 aromatic carbocycles. The van der Waals surface area contributed by atoms with Gasteiger partial charge in [-0.3, -0.25) is 9.47 Å². The van der Waals surface area contributed by atoms with E-state index in [0.29, 0.717) is 11.4 Å².